The Bertz CT molecular complexity index is 766. The lowest BCUT2D eigenvalue weighted by molar-refractivity contribution is -0.132. The van der Waals surface area contributed by atoms with E-state index >= 15 is 0 Å². The first kappa shape index (κ1) is 15.2. The average molecular weight is 313 g/mol. The monoisotopic (exact) mass is 313 g/mol. The molecule has 23 heavy (non-hydrogen) atoms. The van der Waals surface area contributed by atoms with E-state index in [4.69, 9.17) is 5.11 Å². The van der Waals surface area contributed by atoms with Crippen molar-refractivity contribution in [2.75, 3.05) is 5.32 Å². The number of rotatable bonds is 4. The van der Waals surface area contributed by atoms with Gasteiger partial charge in [-0.3, -0.25) is 5.10 Å². The van der Waals surface area contributed by atoms with Crippen LogP contribution in [-0.4, -0.2) is 31.2 Å². The van der Waals surface area contributed by atoms with Crippen LogP contribution in [-0.2, 0) is 4.79 Å². The number of aliphatic carboxylic acids is 1. The Morgan fingerprint density at radius 1 is 1.30 bits per heavy atom. The minimum Gasteiger partial charge on any atom is -0.478 e. The summed E-state index contributed by atoms with van der Waals surface area (Å²) in [6.45, 7) is 3.86. The number of carboxylic acid groups (broad SMARTS) is 1. The van der Waals surface area contributed by atoms with Crippen molar-refractivity contribution in [3.05, 3.63) is 41.0 Å². The molecule has 2 aromatic rings. The molecule has 0 saturated heterocycles. The Balaban J connectivity index is 1.79. The first-order chi connectivity index (χ1) is 11.0. The molecule has 1 unspecified atom stereocenters. The molecule has 1 atom stereocenters. The maximum Gasteiger partial charge on any atom is 0.331 e. The fourth-order valence-corrected chi connectivity index (χ4v) is 2.71. The lowest BCUT2D eigenvalue weighted by Gasteiger charge is -2.19. The number of nitrogens with zero attached hydrogens (tertiary/aromatic N) is 3. The summed E-state index contributed by atoms with van der Waals surface area (Å²) in [6.07, 6.45) is 3.75. The Hall–Kier alpha value is -2.70. The highest BCUT2D eigenvalue weighted by molar-refractivity contribution is 5.86. The number of H-pyrrole nitrogens is 1. The molecule has 1 aliphatic carbocycles. The first-order valence-corrected chi connectivity index (χ1v) is 7.58. The molecule has 3 rings (SSSR count). The molecule has 0 radical (unpaired) electrons. The van der Waals surface area contributed by atoms with Crippen molar-refractivity contribution in [3.63, 3.8) is 0 Å². The number of aromatic nitrogens is 4. The number of allylic oxidation sites excluding steroid dienone is 1. The van der Waals surface area contributed by atoms with Crippen LogP contribution in [0.1, 0.15) is 42.4 Å². The van der Waals surface area contributed by atoms with Crippen molar-refractivity contribution in [1.82, 2.24) is 20.2 Å². The number of hydrogen-bond acceptors (Lipinski definition) is 5. The van der Waals surface area contributed by atoms with Crippen LogP contribution >= 0.6 is 0 Å². The van der Waals surface area contributed by atoms with Gasteiger partial charge in [-0.25, -0.2) is 14.8 Å². The molecule has 0 fully saturated rings. The van der Waals surface area contributed by atoms with Crippen LogP contribution in [0.25, 0.3) is 0 Å². The minimum absolute atomic E-state index is 0.152. The third-order valence-electron chi connectivity index (χ3n) is 3.88. The van der Waals surface area contributed by atoms with Gasteiger partial charge < -0.3 is 10.4 Å². The van der Waals surface area contributed by atoms with Gasteiger partial charge in [0.1, 0.15) is 11.6 Å². The van der Waals surface area contributed by atoms with Gasteiger partial charge >= 0.3 is 5.97 Å². The fourth-order valence-electron chi connectivity index (χ4n) is 2.71. The van der Waals surface area contributed by atoms with Gasteiger partial charge in [-0.2, -0.15) is 5.10 Å². The summed E-state index contributed by atoms with van der Waals surface area (Å²) >= 11 is 0. The van der Waals surface area contributed by atoms with Gasteiger partial charge in [0.15, 0.2) is 5.82 Å². The summed E-state index contributed by atoms with van der Waals surface area (Å²) in [6, 6.07) is 3.77. The van der Waals surface area contributed by atoms with Crippen LogP contribution in [0.3, 0.4) is 0 Å². The zero-order valence-corrected chi connectivity index (χ0v) is 13.1. The van der Waals surface area contributed by atoms with E-state index in [1.165, 1.54) is 0 Å². The molecule has 1 aliphatic rings. The number of hydrogen-bond donors (Lipinski definition) is 3. The van der Waals surface area contributed by atoms with Crippen LogP contribution < -0.4 is 5.32 Å². The van der Waals surface area contributed by atoms with Gasteiger partial charge in [0.2, 0.25) is 0 Å². The number of nitrogens with one attached hydrogen (secondary N) is 2. The molecule has 120 valence electrons. The van der Waals surface area contributed by atoms with E-state index in [-0.39, 0.29) is 5.92 Å². The molecular weight excluding hydrogens is 294 g/mol. The number of carboxylic acids is 1. The average Bonchev–Trinajstić information content (AvgIpc) is 2.92. The summed E-state index contributed by atoms with van der Waals surface area (Å²) in [5.74, 6) is 1.49. The molecule has 0 amide bonds. The van der Waals surface area contributed by atoms with Crippen molar-refractivity contribution in [3.8, 4) is 0 Å². The van der Waals surface area contributed by atoms with Gasteiger partial charge in [-0.1, -0.05) is 6.08 Å². The van der Waals surface area contributed by atoms with Crippen molar-refractivity contribution in [2.45, 2.75) is 39.0 Å². The van der Waals surface area contributed by atoms with Crippen LogP contribution in [0, 0.1) is 13.8 Å². The van der Waals surface area contributed by atoms with Crippen molar-refractivity contribution >= 4 is 17.6 Å². The minimum atomic E-state index is -0.829. The largest absolute Gasteiger partial charge is 0.478 e. The lowest BCUT2D eigenvalue weighted by Crippen LogP contribution is -2.13. The molecule has 0 saturated carbocycles. The van der Waals surface area contributed by atoms with Crippen LogP contribution in [0.15, 0.2) is 23.8 Å². The van der Waals surface area contributed by atoms with Gasteiger partial charge in [-0.15, -0.1) is 0 Å². The highest BCUT2D eigenvalue weighted by Crippen LogP contribution is 2.31. The van der Waals surface area contributed by atoms with Crippen LogP contribution in [0.2, 0.25) is 0 Å². The van der Waals surface area contributed by atoms with E-state index in [0.717, 1.165) is 23.6 Å². The standard InChI is InChI=1S/C16H19N5O2/c1-9-7-13(18-14-8-10(2)20-21-14)19-15(17-9)11-3-5-12(6-4-11)16(22)23/h5,7-8,11H,3-4,6H2,1-2H3,(H,22,23)(H2,17,18,19,20,21). The second-order valence-corrected chi connectivity index (χ2v) is 5.82. The van der Waals surface area contributed by atoms with Gasteiger partial charge in [0.05, 0.1) is 0 Å². The molecule has 0 aliphatic heterocycles. The molecule has 2 aromatic heterocycles. The van der Waals surface area contributed by atoms with E-state index in [2.05, 4.69) is 25.5 Å². The fraction of sp³-hybridized carbons (Fsp3) is 0.375. The SMILES string of the molecule is Cc1cc(Nc2cc(C)[nH]n2)nc(C2CC=C(C(=O)O)CC2)n1. The zero-order valence-electron chi connectivity index (χ0n) is 13.1. The summed E-state index contributed by atoms with van der Waals surface area (Å²) in [7, 11) is 0. The molecule has 7 heteroatoms. The quantitative estimate of drug-likeness (QED) is 0.802. The molecule has 3 N–H and O–H groups in total. The van der Waals surface area contributed by atoms with Crippen LogP contribution in [0.4, 0.5) is 11.6 Å². The Labute approximate surface area is 133 Å². The molecule has 7 nitrogen and oxygen atoms in total. The third-order valence-corrected chi connectivity index (χ3v) is 3.88. The van der Waals surface area contributed by atoms with E-state index in [0.29, 0.717) is 30.1 Å². The topological polar surface area (TPSA) is 104 Å². The molecule has 0 bridgehead atoms. The second kappa shape index (κ2) is 6.20. The summed E-state index contributed by atoms with van der Waals surface area (Å²) < 4.78 is 0. The number of aryl methyl sites for hydroxylation is 2. The van der Waals surface area contributed by atoms with E-state index in [1.807, 2.05) is 26.0 Å². The van der Waals surface area contributed by atoms with Gasteiger partial charge in [-0.05, 0) is 33.1 Å². The van der Waals surface area contributed by atoms with Crippen molar-refractivity contribution in [2.24, 2.45) is 0 Å². The lowest BCUT2D eigenvalue weighted by atomic mass is 9.89. The number of aromatic amines is 1. The summed E-state index contributed by atoms with van der Waals surface area (Å²) in [5.41, 5.74) is 2.33. The number of carbonyl (C=O) groups is 1. The predicted molar refractivity (Wildman–Crippen MR) is 85.7 cm³/mol. The normalized spacial score (nSPS) is 17.7. The van der Waals surface area contributed by atoms with E-state index in [1.54, 1.807) is 6.08 Å². The molecule has 0 aromatic carbocycles. The predicted octanol–water partition coefficient (Wildman–Crippen LogP) is 2.84. The molecule has 2 heterocycles. The smallest absolute Gasteiger partial charge is 0.331 e. The van der Waals surface area contributed by atoms with Gasteiger partial charge in [0, 0.05) is 35.0 Å². The molecule has 0 spiro atoms. The van der Waals surface area contributed by atoms with Gasteiger partial charge in [0.25, 0.3) is 0 Å². The Morgan fingerprint density at radius 3 is 2.74 bits per heavy atom. The summed E-state index contributed by atoms with van der Waals surface area (Å²) in [4.78, 5) is 20.1. The highest BCUT2D eigenvalue weighted by atomic mass is 16.4. The first-order valence-electron chi connectivity index (χ1n) is 7.58. The zero-order chi connectivity index (χ0) is 16.4. The number of anilines is 2. The second-order valence-electron chi connectivity index (χ2n) is 5.82. The van der Waals surface area contributed by atoms with E-state index in [9.17, 15) is 4.79 Å². The Morgan fingerprint density at radius 2 is 2.13 bits per heavy atom. The Kier molecular flexibility index (Phi) is 4.10. The van der Waals surface area contributed by atoms with Crippen molar-refractivity contribution < 1.29 is 9.90 Å². The van der Waals surface area contributed by atoms with Crippen molar-refractivity contribution in [1.29, 1.82) is 0 Å². The summed E-state index contributed by atoms with van der Waals surface area (Å²) in [5, 5.41) is 19.2. The maximum atomic E-state index is 11.0. The maximum absolute atomic E-state index is 11.0. The third kappa shape index (κ3) is 3.56. The van der Waals surface area contributed by atoms with Crippen LogP contribution in [0.5, 0.6) is 0 Å². The highest BCUT2D eigenvalue weighted by Gasteiger charge is 2.22. The molecular formula is C16H19N5O2. The van der Waals surface area contributed by atoms with E-state index < -0.39 is 5.97 Å².